The molecule has 0 saturated carbocycles. The van der Waals surface area contributed by atoms with Crippen molar-refractivity contribution < 1.29 is 4.74 Å². The van der Waals surface area contributed by atoms with Crippen molar-refractivity contribution in [3.05, 3.63) is 41.4 Å². The second kappa shape index (κ2) is 6.49. The van der Waals surface area contributed by atoms with Gasteiger partial charge in [0.05, 0.1) is 6.61 Å². The molecule has 1 aromatic carbocycles. The zero-order valence-electron chi connectivity index (χ0n) is 8.71. The van der Waals surface area contributed by atoms with Gasteiger partial charge >= 0.3 is 0 Å². The highest BCUT2D eigenvalue weighted by atomic mass is 35.5. The molecule has 0 aliphatic heterocycles. The van der Waals surface area contributed by atoms with Gasteiger partial charge in [-0.3, -0.25) is 0 Å². The zero-order valence-corrected chi connectivity index (χ0v) is 9.46. The first-order valence-electron chi connectivity index (χ1n) is 5.00. The van der Waals surface area contributed by atoms with Gasteiger partial charge in [-0.15, -0.1) is 6.58 Å². The average molecular weight is 226 g/mol. The van der Waals surface area contributed by atoms with Gasteiger partial charge in [-0.2, -0.15) is 0 Å². The molecular weight excluding hydrogens is 210 g/mol. The summed E-state index contributed by atoms with van der Waals surface area (Å²) in [5.41, 5.74) is 6.58. The van der Waals surface area contributed by atoms with Gasteiger partial charge < -0.3 is 10.5 Å². The van der Waals surface area contributed by atoms with E-state index in [0.717, 1.165) is 29.2 Å². The van der Waals surface area contributed by atoms with Crippen molar-refractivity contribution in [1.29, 1.82) is 0 Å². The lowest BCUT2D eigenvalue weighted by Gasteiger charge is -2.10. The van der Waals surface area contributed by atoms with Crippen LogP contribution < -0.4 is 10.5 Å². The molecule has 0 fully saturated rings. The van der Waals surface area contributed by atoms with E-state index in [2.05, 4.69) is 6.58 Å². The maximum absolute atomic E-state index is 5.90. The highest BCUT2D eigenvalue weighted by molar-refractivity contribution is 6.30. The van der Waals surface area contributed by atoms with Gasteiger partial charge in [0.2, 0.25) is 0 Å². The molecule has 82 valence electrons. The first-order valence-corrected chi connectivity index (χ1v) is 5.38. The third-order valence-electron chi connectivity index (χ3n) is 2.02. The van der Waals surface area contributed by atoms with Gasteiger partial charge in [0.25, 0.3) is 0 Å². The smallest absolute Gasteiger partial charge is 0.122 e. The monoisotopic (exact) mass is 225 g/mol. The molecular formula is C12H16ClNO. The number of benzene rings is 1. The second-order valence-electron chi connectivity index (χ2n) is 3.22. The number of ether oxygens (including phenoxy) is 1. The van der Waals surface area contributed by atoms with Gasteiger partial charge in [-0.25, -0.2) is 0 Å². The molecule has 0 saturated heterocycles. The molecule has 1 aromatic rings. The fourth-order valence-corrected chi connectivity index (χ4v) is 1.49. The van der Waals surface area contributed by atoms with Crippen molar-refractivity contribution in [3.8, 4) is 5.75 Å². The molecule has 0 aliphatic carbocycles. The summed E-state index contributed by atoms with van der Waals surface area (Å²) in [6.45, 7) is 4.88. The summed E-state index contributed by atoms with van der Waals surface area (Å²) in [6.07, 6.45) is 3.45. The predicted molar refractivity (Wildman–Crippen MR) is 64.5 cm³/mol. The Labute approximate surface area is 95.7 Å². The second-order valence-corrected chi connectivity index (χ2v) is 3.65. The highest BCUT2D eigenvalue weighted by Crippen LogP contribution is 2.23. The highest BCUT2D eigenvalue weighted by Gasteiger charge is 2.03. The first-order chi connectivity index (χ1) is 7.27. The quantitative estimate of drug-likeness (QED) is 0.597. The molecule has 0 aliphatic rings. The summed E-state index contributed by atoms with van der Waals surface area (Å²) in [5, 5.41) is 0.717. The van der Waals surface area contributed by atoms with Gasteiger partial charge in [0.15, 0.2) is 0 Å². The topological polar surface area (TPSA) is 35.2 Å². The van der Waals surface area contributed by atoms with Crippen LogP contribution in [0.25, 0.3) is 0 Å². The van der Waals surface area contributed by atoms with Crippen LogP contribution in [0.5, 0.6) is 5.75 Å². The lowest BCUT2D eigenvalue weighted by atomic mass is 10.1. The van der Waals surface area contributed by atoms with Crippen molar-refractivity contribution in [2.24, 2.45) is 5.73 Å². The van der Waals surface area contributed by atoms with E-state index in [1.165, 1.54) is 0 Å². The molecule has 0 amide bonds. The van der Waals surface area contributed by atoms with E-state index in [1.807, 2.05) is 24.3 Å². The van der Waals surface area contributed by atoms with Crippen LogP contribution in [0.3, 0.4) is 0 Å². The number of hydrogen-bond acceptors (Lipinski definition) is 2. The fourth-order valence-electron chi connectivity index (χ4n) is 1.29. The van der Waals surface area contributed by atoms with E-state index in [1.54, 1.807) is 0 Å². The van der Waals surface area contributed by atoms with Crippen molar-refractivity contribution in [2.45, 2.75) is 12.8 Å². The number of hydrogen-bond donors (Lipinski definition) is 1. The Bertz CT molecular complexity index is 325. The van der Waals surface area contributed by atoms with Crippen LogP contribution in [0.4, 0.5) is 0 Å². The zero-order chi connectivity index (χ0) is 11.1. The first kappa shape index (κ1) is 12.1. The Morgan fingerprint density at radius 1 is 1.47 bits per heavy atom. The van der Waals surface area contributed by atoms with E-state index in [4.69, 9.17) is 22.1 Å². The van der Waals surface area contributed by atoms with Gasteiger partial charge in [0.1, 0.15) is 5.75 Å². The molecule has 0 aromatic heterocycles. The third kappa shape index (κ3) is 3.94. The third-order valence-corrected chi connectivity index (χ3v) is 2.25. The standard InChI is InChI=1S/C12H16ClNO/c1-2-3-8-15-12-5-4-11(13)9-10(12)6-7-14/h2,4-5,9H,1,3,6-8,14H2. The van der Waals surface area contributed by atoms with Gasteiger partial charge in [0, 0.05) is 5.02 Å². The molecule has 0 atom stereocenters. The maximum atomic E-state index is 5.90. The van der Waals surface area contributed by atoms with Crippen LogP contribution in [0.2, 0.25) is 5.02 Å². The Morgan fingerprint density at radius 3 is 2.93 bits per heavy atom. The molecule has 1 rings (SSSR count). The minimum absolute atomic E-state index is 0.595. The summed E-state index contributed by atoms with van der Waals surface area (Å²) in [5.74, 6) is 0.867. The minimum atomic E-state index is 0.595. The average Bonchev–Trinajstić information content (AvgIpc) is 2.22. The SMILES string of the molecule is C=CCCOc1ccc(Cl)cc1CCN. The largest absolute Gasteiger partial charge is 0.493 e. The van der Waals surface area contributed by atoms with Gasteiger partial charge in [-0.1, -0.05) is 17.7 Å². The summed E-state index contributed by atoms with van der Waals surface area (Å²) in [7, 11) is 0. The molecule has 0 radical (unpaired) electrons. The van der Waals surface area contributed by atoms with Crippen LogP contribution >= 0.6 is 11.6 Å². The summed E-state index contributed by atoms with van der Waals surface area (Å²) >= 11 is 5.90. The summed E-state index contributed by atoms with van der Waals surface area (Å²) in [4.78, 5) is 0. The van der Waals surface area contributed by atoms with Gasteiger partial charge in [-0.05, 0) is 43.1 Å². The summed E-state index contributed by atoms with van der Waals surface area (Å²) in [6, 6.07) is 5.61. The molecule has 0 spiro atoms. The molecule has 0 heterocycles. The molecule has 15 heavy (non-hydrogen) atoms. The molecule has 0 unspecified atom stereocenters. The van der Waals surface area contributed by atoms with Crippen molar-refractivity contribution >= 4 is 11.6 Å². The molecule has 2 N–H and O–H groups in total. The van der Waals surface area contributed by atoms with Crippen LogP contribution in [0.15, 0.2) is 30.9 Å². The molecule has 2 nitrogen and oxygen atoms in total. The number of halogens is 1. The van der Waals surface area contributed by atoms with E-state index >= 15 is 0 Å². The molecule has 3 heteroatoms. The van der Waals surface area contributed by atoms with Crippen LogP contribution in [-0.4, -0.2) is 13.2 Å². The van der Waals surface area contributed by atoms with Crippen LogP contribution in [-0.2, 0) is 6.42 Å². The number of nitrogens with two attached hydrogens (primary N) is 1. The molecule has 0 bridgehead atoms. The Morgan fingerprint density at radius 2 is 2.27 bits per heavy atom. The Hall–Kier alpha value is -0.990. The van der Waals surface area contributed by atoms with Crippen molar-refractivity contribution in [3.63, 3.8) is 0 Å². The Balaban J connectivity index is 2.71. The predicted octanol–water partition coefficient (Wildman–Crippen LogP) is 2.80. The Kier molecular flexibility index (Phi) is 5.22. The fraction of sp³-hybridized carbons (Fsp3) is 0.333. The van der Waals surface area contributed by atoms with Crippen LogP contribution in [0, 0.1) is 0 Å². The van der Waals surface area contributed by atoms with E-state index in [0.29, 0.717) is 13.2 Å². The van der Waals surface area contributed by atoms with E-state index in [9.17, 15) is 0 Å². The van der Waals surface area contributed by atoms with Crippen LogP contribution in [0.1, 0.15) is 12.0 Å². The van der Waals surface area contributed by atoms with E-state index in [-0.39, 0.29) is 0 Å². The van der Waals surface area contributed by atoms with Crippen molar-refractivity contribution in [2.75, 3.05) is 13.2 Å². The normalized spacial score (nSPS) is 10.0. The van der Waals surface area contributed by atoms with Crippen molar-refractivity contribution in [1.82, 2.24) is 0 Å². The van der Waals surface area contributed by atoms with E-state index < -0.39 is 0 Å². The number of rotatable bonds is 6. The lowest BCUT2D eigenvalue weighted by Crippen LogP contribution is -2.05. The summed E-state index contributed by atoms with van der Waals surface area (Å²) < 4.78 is 5.60. The maximum Gasteiger partial charge on any atom is 0.122 e. The lowest BCUT2D eigenvalue weighted by molar-refractivity contribution is 0.321. The minimum Gasteiger partial charge on any atom is -0.493 e.